The van der Waals surface area contributed by atoms with Crippen molar-refractivity contribution in [3.8, 4) is 0 Å². The van der Waals surface area contributed by atoms with Crippen LogP contribution in [0.2, 0.25) is 0 Å². The monoisotopic (exact) mass is 519 g/mol. The summed E-state index contributed by atoms with van der Waals surface area (Å²) in [6.07, 6.45) is -16.6. The van der Waals surface area contributed by atoms with Crippen molar-refractivity contribution >= 4 is 247 Å². The van der Waals surface area contributed by atoms with E-state index >= 15 is 0 Å². The Hall–Kier alpha value is 1.60. The lowest BCUT2D eigenvalue weighted by atomic mass is 8.29. The number of hydrogen-bond donors (Lipinski definition) is 2. The van der Waals surface area contributed by atoms with Crippen LogP contribution in [-0.2, 0) is 9.53 Å². The summed E-state index contributed by atoms with van der Waals surface area (Å²) in [4.78, 5) is 10.8. The van der Waals surface area contributed by atoms with Crippen molar-refractivity contribution in [1.29, 1.82) is 0 Å². The molecule has 1 heterocycles. The quantitative estimate of drug-likeness (QED) is 0.159. The smallest absolute Gasteiger partial charge is 0.322 e. The number of β-amino-alcohol motifs (C(OH)–C–C–N with tert-alkyl or cyclic N) is 1. The van der Waals surface area contributed by atoms with Gasteiger partial charge in [0.05, 0.1) is 13.2 Å². The number of hydrogen-bond acceptors (Lipinski definition) is 4. The van der Waals surface area contributed by atoms with Gasteiger partial charge in [-0.05, 0) is 0 Å². The molecule has 0 aliphatic carbocycles. The summed E-state index contributed by atoms with van der Waals surface area (Å²) in [5.41, 5.74) is 0. The summed E-state index contributed by atoms with van der Waals surface area (Å²) >= 11 is 0. The van der Waals surface area contributed by atoms with E-state index in [1.807, 2.05) is 0 Å². The summed E-state index contributed by atoms with van der Waals surface area (Å²) in [7, 11) is 111. The molecule has 0 bridgehead atoms. The fraction of sp³-hybridized carbons (Fsp3) is 0.833. The Morgan fingerprint density at radius 1 is 0.523 bits per heavy atom. The van der Waals surface area contributed by atoms with Gasteiger partial charge in [0.15, 0.2) is 0 Å². The first-order valence-electron chi connectivity index (χ1n) is 14.2. The highest BCUT2D eigenvalue weighted by molar-refractivity contribution is 8.29. The number of rotatable bonds is 16. The SMILES string of the molecule is COC(=O)C1CC(O)CN1.[B]B([B])B(B([B])[B])B(B([B])[B])B(B(B([B])[B])B([B])[B])B(B(B([B])[B])B([B])[B])B(B([B])[B])B([B])[B]. The molecule has 36 radical (unpaired) electrons. The average molecular weight is 513 g/mol. The van der Waals surface area contributed by atoms with Crippen molar-refractivity contribution < 1.29 is 14.6 Å². The minimum absolute atomic E-state index is 0.295. The minimum Gasteiger partial charge on any atom is -0.468 e. The molecule has 1 fully saturated rings. The van der Waals surface area contributed by atoms with Crippen LogP contribution in [0.5, 0.6) is 0 Å². The maximum absolute atomic E-state index is 10.8. The van der Waals surface area contributed by atoms with E-state index in [4.69, 9.17) is 144 Å². The van der Waals surface area contributed by atoms with Crippen molar-refractivity contribution in [3.63, 3.8) is 0 Å². The van der Waals surface area contributed by atoms with Gasteiger partial charge in [-0.3, -0.25) is 4.79 Å². The van der Waals surface area contributed by atoms with Crippen LogP contribution in [0.4, 0.5) is 0 Å². The van der Waals surface area contributed by atoms with Crippen LogP contribution in [-0.4, -0.2) is 278 Å². The standard InChI is InChI=1S/C6H11NO3.B34/c1-10-6(9)5-2-4(8)3-7-5;1-19(2)28(20(3)4)32(27(17)18)34(31(25(13)14)26(15)16)33(29(21(5)6)22(7)8)30(23(9)10)24(11)12/h4-5,7-8H,2-3H2,1H3;. The van der Waals surface area contributed by atoms with Gasteiger partial charge in [0, 0.05) is 254 Å². The Morgan fingerprint density at radius 2 is 0.773 bits per heavy atom. The Labute approximate surface area is 298 Å². The Balaban J connectivity index is 0.00000155. The van der Waals surface area contributed by atoms with E-state index in [2.05, 4.69) is 10.1 Å². The molecule has 2 atom stereocenters. The molecule has 0 amide bonds. The van der Waals surface area contributed by atoms with Gasteiger partial charge in [0.2, 0.25) is 0 Å². The van der Waals surface area contributed by atoms with Crippen LogP contribution in [0.15, 0.2) is 0 Å². The van der Waals surface area contributed by atoms with Crippen LogP contribution in [0.1, 0.15) is 6.42 Å². The molecule has 160 valence electrons. The largest absolute Gasteiger partial charge is 0.468 e. The van der Waals surface area contributed by atoms with E-state index in [0.29, 0.717) is 13.0 Å². The average Bonchev–Trinajstić information content (AvgIpc) is 3.29. The molecule has 0 aromatic rings. The topological polar surface area (TPSA) is 58.6 Å². The summed E-state index contributed by atoms with van der Waals surface area (Å²) in [6.45, 7) is 0.486. The van der Waals surface area contributed by atoms with Gasteiger partial charge >= 0.3 is 5.97 Å². The third-order valence-electron chi connectivity index (χ3n) is 8.26. The fourth-order valence-corrected chi connectivity index (χ4v) is 6.43. The Morgan fingerprint density at radius 3 is 0.977 bits per heavy atom. The van der Waals surface area contributed by atoms with E-state index < -0.39 is 108 Å². The molecular weight excluding hydrogens is 502 g/mol. The predicted molar refractivity (Wildman–Crippen MR) is 230 cm³/mol. The maximum Gasteiger partial charge on any atom is 0.322 e. The summed E-state index contributed by atoms with van der Waals surface area (Å²) in [5.74, 6) is -0.295. The Bertz CT molecular complexity index is 741. The number of ether oxygens (including phenoxy) is 1. The molecule has 1 rings (SSSR count). The number of carbonyl (C=O) groups excluding carboxylic acids is 1. The van der Waals surface area contributed by atoms with Gasteiger partial charge < -0.3 is 15.2 Å². The second-order valence-corrected chi connectivity index (χ2v) is 11.6. The lowest BCUT2D eigenvalue weighted by Crippen LogP contribution is -2.90. The van der Waals surface area contributed by atoms with Gasteiger partial charge in [-0.15, -0.1) is 0 Å². The van der Waals surface area contributed by atoms with E-state index in [9.17, 15) is 4.79 Å². The lowest BCUT2D eigenvalue weighted by molar-refractivity contribution is -0.142. The minimum atomic E-state index is -1.16. The number of esters is 1. The number of methoxy groups -OCH3 is 1. The first kappa shape index (κ1) is 45.6. The molecule has 1 saturated heterocycles. The summed E-state index contributed by atoms with van der Waals surface area (Å²) in [5, 5.41) is 11.8. The van der Waals surface area contributed by atoms with Crippen molar-refractivity contribution in [2.45, 2.75) is 18.6 Å². The lowest BCUT2D eigenvalue weighted by Gasteiger charge is -2.52. The first-order valence-corrected chi connectivity index (χ1v) is 14.2. The zero-order valence-electron chi connectivity index (χ0n) is 25.5. The van der Waals surface area contributed by atoms with Crippen molar-refractivity contribution in [2.75, 3.05) is 13.7 Å². The fourth-order valence-electron chi connectivity index (χ4n) is 6.43. The van der Waals surface area contributed by atoms with Crippen LogP contribution in [0.3, 0.4) is 0 Å². The van der Waals surface area contributed by atoms with Gasteiger partial charge in [-0.2, -0.15) is 0 Å². The van der Waals surface area contributed by atoms with Crippen molar-refractivity contribution in [2.24, 2.45) is 0 Å². The normalized spacial score (nSPS) is 14.7. The Kier molecular flexibility index (Phi) is 22.4. The number of carbonyl (C=O) groups is 1. The zero-order chi connectivity index (χ0) is 34.8. The second-order valence-electron chi connectivity index (χ2n) is 11.6. The van der Waals surface area contributed by atoms with Crippen molar-refractivity contribution in [1.82, 2.24) is 5.32 Å². The number of nitrogens with one attached hydrogen (secondary N) is 1. The van der Waals surface area contributed by atoms with E-state index in [-0.39, 0.29) is 12.0 Å². The molecule has 4 nitrogen and oxygen atoms in total. The van der Waals surface area contributed by atoms with Crippen LogP contribution < -0.4 is 5.32 Å². The van der Waals surface area contributed by atoms with Crippen LogP contribution in [0, 0.1) is 0 Å². The van der Waals surface area contributed by atoms with E-state index in [0.717, 1.165) is 0 Å². The predicted octanol–water partition coefficient (Wildman–Crippen LogP) is -14.1. The van der Waals surface area contributed by atoms with Crippen LogP contribution in [0.25, 0.3) is 0 Å². The molecule has 2 unspecified atom stereocenters. The molecule has 44 heavy (non-hydrogen) atoms. The molecule has 2 N–H and O–H groups in total. The molecule has 0 saturated carbocycles. The number of aliphatic hydroxyl groups is 1. The van der Waals surface area contributed by atoms with Gasteiger partial charge in [0.25, 0.3) is 0 Å². The van der Waals surface area contributed by atoms with E-state index in [1.165, 1.54) is 7.11 Å². The van der Waals surface area contributed by atoms with E-state index in [1.54, 1.807) is 0 Å². The molecule has 0 aromatic carbocycles. The molecule has 0 spiro atoms. The highest BCUT2D eigenvalue weighted by atomic mass is 16.5. The molecular formula is C6H11B34NO3. The summed E-state index contributed by atoms with van der Waals surface area (Å²) in [6, 6.07) is -0.306. The zero-order valence-corrected chi connectivity index (χ0v) is 25.5. The number of aliphatic hydroxyl groups excluding tert-OH is 1. The second kappa shape index (κ2) is 21.6. The highest BCUT2D eigenvalue weighted by Gasteiger charge is 2.54. The third-order valence-corrected chi connectivity index (χ3v) is 8.26. The van der Waals surface area contributed by atoms with Crippen molar-refractivity contribution in [3.05, 3.63) is 0 Å². The van der Waals surface area contributed by atoms with Crippen LogP contribution >= 0.6 is 0 Å². The first-order chi connectivity index (χ1) is 20.1. The maximum atomic E-state index is 10.8. The molecule has 0 aromatic heterocycles. The van der Waals surface area contributed by atoms with Gasteiger partial charge in [-0.25, -0.2) is 0 Å². The molecule has 38 heteroatoms. The van der Waals surface area contributed by atoms with Gasteiger partial charge in [0.1, 0.15) is 6.04 Å². The third kappa shape index (κ3) is 13.5. The molecule has 1 aliphatic rings. The molecule has 1 aliphatic heterocycles. The summed E-state index contributed by atoms with van der Waals surface area (Å²) < 4.78 is 4.47. The van der Waals surface area contributed by atoms with Gasteiger partial charge in [-0.1, -0.05) is 0 Å². The highest BCUT2D eigenvalue weighted by Crippen LogP contribution is 2.16.